The second-order valence-electron chi connectivity index (χ2n) is 5.83. The van der Waals surface area contributed by atoms with Crippen LogP contribution in [-0.2, 0) is 15.9 Å². The maximum absolute atomic E-state index is 12.7. The van der Waals surface area contributed by atoms with Gasteiger partial charge in [-0.05, 0) is 37.1 Å². The molecule has 2 heterocycles. The highest BCUT2D eigenvalue weighted by atomic mass is 35.5. The van der Waals surface area contributed by atoms with Crippen LogP contribution in [0.1, 0.15) is 24.8 Å². The van der Waals surface area contributed by atoms with E-state index in [1.54, 1.807) is 28.6 Å². The lowest BCUT2D eigenvalue weighted by atomic mass is 10.0. The van der Waals surface area contributed by atoms with Crippen molar-refractivity contribution in [3.8, 4) is 0 Å². The number of hydrogen-bond donors (Lipinski definition) is 0. The van der Waals surface area contributed by atoms with Crippen molar-refractivity contribution in [2.45, 2.75) is 36.1 Å². The molecule has 1 aromatic rings. The molecule has 1 aromatic carbocycles. The van der Waals surface area contributed by atoms with Crippen LogP contribution in [-0.4, -0.2) is 49.8 Å². The summed E-state index contributed by atoms with van der Waals surface area (Å²) in [5, 5.41) is 0. The number of hydrogen-bond acceptors (Lipinski definition) is 3. The van der Waals surface area contributed by atoms with E-state index >= 15 is 0 Å². The Morgan fingerprint density at radius 3 is 2.57 bits per heavy atom. The van der Waals surface area contributed by atoms with Crippen LogP contribution in [0.25, 0.3) is 0 Å². The second-order valence-corrected chi connectivity index (χ2v) is 8.03. The Morgan fingerprint density at radius 2 is 1.86 bits per heavy atom. The maximum Gasteiger partial charge on any atom is 0.243 e. The van der Waals surface area contributed by atoms with Gasteiger partial charge in [0.05, 0.1) is 4.90 Å². The van der Waals surface area contributed by atoms with Crippen LogP contribution in [0.4, 0.5) is 0 Å². The Balaban J connectivity index is 1.78. The van der Waals surface area contributed by atoms with Gasteiger partial charge in [-0.25, -0.2) is 8.42 Å². The van der Waals surface area contributed by atoms with Crippen molar-refractivity contribution in [1.29, 1.82) is 0 Å². The molecule has 0 spiro atoms. The van der Waals surface area contributed by atoms with Crippen molar-refractivity contribution in [3.63, 3.8) is 0 Å². The molecule has 116 valence electrons. The van der Waals surface area contributed by atoms with Crippen molar-refractivity contribution in [1.82, 2.24) is 9.21 Å². The van der Waals surface area contributed by atoms with E-state index in [0.29, 0.717) is 29.9 Å². The first kappa shape index (κ1) is 15.3. The number of alkyl halides is 1. The lowest BCUT2D eigenvalue weighted by Gasteiger charge is -2.43. The average Bonchev–Trinajstić information content (AvgIpc) is 2.54. The molecule has 3 rings (SSSR count). The third-order valence-electron chi connectivity index (χ3n) is 4.52. The van der Waals surface area contributed by atoms with Crippen LogP contribution in [0.2, 0.25) is 0 Å². The quantitative estimate of drug-likeness (QED) is 0.799. The van der Waals surface area contributed by atoms with Gasteiger partial charge >= 0.3 is 0 Å². The molecule has 0 aliphatic carbocycles. The summed E-state index contributed by atoms with van der Waals surface area (Å²) in [5.74, 6) is 0.404. The standard InChI is InChI=1S/C15H21ClN2O2S/c16-11-13-4-6-15(7-5-13)21(19,20)18-10-9-17-8-2-1-3-14(17)12-18/h4-7,14H,1-3,8-12H2. The Labute approximate surface area is 131 Å². The van der Waals surface area contributed by atoms with Crippen molar-refractivity contribution < 1.29 is 8.42 Å². The molecule has 0 N–H and O–H groups in total. The van der Waals surface area contributed by atoms with E-state index in [4.69, 9.17) is 11.6 Å². The van der Waals surface area contributed by atoms with Crippen LogP contribution >= 0.6 is 11.6 Å². The number of sulfonamides is 1. The van der Waals surface area contributed by atoms with Crippen LogP contribution in [0, 0.1) is 0 Å². The molecule has 0 amide bonds. The normalized spacial score (nSPS) is 24.7. The summed E-state index contributed by atoms with van der Waals surface area (Å²) < 4.78 is 27.1. The van der Waals surface area contributed by atoms with E-state index in [-0.39, 0.29) is 0 Å². The lowest BCUT2D eigenvalue weighted by Crippen LogP contribution is -2.56. The lowest BCUT2D eigenvalue weighted by molar-refractivity contribution is 0.0852. The molecule has 21 heavy (non-hydrogen) atoms. The first-order chi connectivity index (χ1) is 10.1. The molecule has 0 aromatic heterocycles. The second kappa shape index (κ2) is 6.24. The van der Waals surface area contributed by atoms with Gasteiger partial charge in [-0.1, -0.05) is 18.6 Å². The summed E-state index contributed by atoms with van der Waals surface area (Å²) in [6.45, 7) is 3.18. The van der Waals surface area contributed by atoms with Gasteiger partial charge in [0.2, 0.25) is 10.0 Å². The number of benzene rings is 1. The average molecular weight is 329 g/mol. The van der Waals surface area contributed by atoms with E-state index in [9.17, 15) is 8.42 Å². The van der Waals surface area contributed by atoms with E-state index in [2.05, 4.69) is 4.90 Å². The summed E-state index contributed by atoms with van der Waals surface area (Å²) in [7, 11) is -3.37. The van der Waals surface area contributed by atoms with Crippen LogP contribution in [0.3, 0.4) is 0 Å². The van der Waals surface area contributed by atoms with Crippen LogP contribution < -0.4 is 0 Å². The summed E-state index contributed by atoms with van der Waals surface area (Å²) in [6.07, 6.45) is 3.56. The molecule has 2 saturated heterocycles. The van der Waals surface area contributed by atoms with E-state index < -0.39 is 10.0 Å². The highest BCUT2D eigenvalue weighted by Gasteiger charge is 2.34. The van der Waals surface area contributed by atoms with E-state index in [0.717, 1.165) is 25.1 Å². The predicted molar refractivity (Wildman–Crippen MR) is 84.0 cm³/mol. The largest absolute Gasteiger partial charge is 0.298 e. The molecule has 0 radical (unpaired) electrons. The molecular formula is C15H21ClN2O2S. The van der Waals surface area contributed by atoms with Gasteiger partial charge in [-0.3, -0.25) is 4.90 Å². The smallest absolute Gasteiger partial charge is 0.243 e. The summed E-state index contributed by atoms with van der Waals surface area (Å²) >= 11 is 5.75. The van der Waals surface area contributed by atoms with Crippen molar-refractivity contribution in [2.24, 2.45) is 0 Å². The number of piperazine rings is 1. The zero-order chi connectivity index (χ0) is 14.9. The molecular weight excluding hydrogens is 308 g/mol. The van der Waals surface area contributed by atoms with E-state index in [1.165, 1.54) is 12.8 Å². The fourth-order valence-corrected chi connectivity index (χ4v) is 4.89. The first-order valence-electron chi connectivity index (χ1n) is 7.50. The summed E-state index contributed by atoms with van der Waals surface area (Å²) in [6, 6.07) is 7.30. The number of fused-ring (bicyclic) bond motifs is 1. The van der Waals surface area contributed by atoms with E-state index in [1.807, 2.05) is 0 Å². The highest BCUT2D eigenvalue weighted by molar-refractivity contribution is 7.89. The molecule has 2 aliphatic heterocycles. The van der Waals surface area contributed by atoms with Crippen LogP contribution in [0.5, 0.6) is 0 Å². The summed E-state index contributed by atoms with van der Waals surface area (Å²) in [5.41, 5.74) is 0.938. The van der Waals surface area contributed by atoms with Crippen LogP contribution in [0.15, 0.2) is 29.2 Å². The zero-order valence-electron chi connectivity index (χ0n) is 12.0. The minimum absolute atomic E-state index is 0.376. The van der Waals surface area contributed by atoms with Crippen molar-refractivity contribution in [2.75, 3.05) is 26.2 Å². The van der Waals surface area contributed by atoms with Gasteiger partial charge in [-0.2, -0.15) is 4.31 Å². The van der Waals surface area contributed by atoms with Gasteiger partial charge in [0.1, 0.15) is 0 Å². The maximum atomic E-state index is 12.7. The number of nitrogens with zero attached hydrogens (tertiary/aromatic N) is 2. The molecule has 2 fully saturated rings. The first-order valence-corrected chi connectivity index (χ1v) is 9.48. The molecule has 1 atom stereocenters. The minimum atomic E-state index is -3.37. The molecule has 4 nitrogen and oxygen atoms in total. The summed E-state index contributed by atoms with van der Waals surface area (Å²) in [4.78, 5) is 2.81. The topological polar surface area (TPSA) is 40.6 Å². The Bertz CT molecular complexity index is 588. The van der Waals surface area contributed by atoms with Crippen molar-refractivity contribution in [3.05, 3.63) is 29.8 Å². The fraction of sp³-hybridized carbons (Fsp3) is 0.600. The third kappa shape index (κ3) is 3.11. The monoisotopic (exact) mass is 328 g/mol. The van der Waals surface area contributed by atoms with Gasteiger partial charge in [0, 0.05) is 31.6 Å². The van der Waals surface area contributed by atoms with Gasteiger partial charge < -0.3 is 0 Å². The SMILES string of the molecule is O=S(=O)(c1ccc(CCl)cc1)N1CCN2CCCCC2C1. The van der Waals surface area contributed by atoms with Crippen molar-refractivity contribution >= 4 is 21.6 Å². The predicted octanol–water partition coefficient (Wildman–Crippen LogP) is 2.28. The van der Waals surface area contributed by atoms with Gasteiger partial charge in [0.15, 0.2) is 0 Å². The fourth-order valence-electron chi connectivity index (χ4n) is 3.25. The molecule has 2 aliphatic rings. The Hall–Kier alpha value is -0.620. The Morgan fingerprint density at radius 1 is 1.10 bits per heavy atom. The van der Waals surface area contributed by atoms with Gasteiger partial charge in [-0.15, -0.1) is 11.6 Å². The number of rotatable bonds is 3. The number of piperidine rings is 1. The Kier molecular flexibility index (Phi) is 4.54. The molecule has 6 heteroatoms. The van der Waals surface area contributed by atoms with Gasteiger partial charge in [0.25, 0.3) is 0 Å². The third-order valence-corrected chi connectivity index (χ3v) is 6.70. The molecule has 1 unspecified atom stereocenters. The highest BCUT2D eigenvalue weighted by Crippen LogP contribution is 2.25. The number of halogens is 1. The minimum Gasteiger partial charge on any atom is -0.298 e. The zero-order valence-corrected chi connectivity index (χ0v) is 13.6. The molecule has 0 saturated carbocycles. The molecule has 0 bridgehead atoms.